The SMILES string of the molecule is CCCCCCCCCCCCCCCCNC(=O)O[N+]1(CC)C(C)=C(C(=O)OC)C(N)=C(C2CCO2)C1C. The molecule has 39 heavy (non-hydrogen) atoms. The molecule has 0 aliphatic carbocycles. The quantitative estimate of drug-likeness (QED) is 0.104. The van der Waals surface area contributed by atoms with Crippen molar-refractivity contribution in [2.24, 2.45) is 5.73 Å². The lowest BCUT2D eigenvalue weighted by Crippen LogP contribution is -2.60. The Labute approximate surface area is 237 Å². The van der Waals surface area contributed by atoms with Crippen molar-refractivity contribution in [3.05, 3.63) is 22.5 Å². The first-order valence-electron chi connectivity index (χ1n) is 15.6. The second-order valence-electron chi connectivity index (χ2n) is 11.2. The smallest absolute Gasteiger partial charge is 0.462 e. The van der Waals surface area contributed by atoms with E-state index in [1.165, 1.54) is 84.2 Å². The Bertz CT molecular complexity index is 836. The maximum absolute atomic E-state index is 12.9. The third-order valence-electron chi connectivity index (χ3n) is 8.54. The maximum Gasteiger partial charge on any atom is 0.462 e. The third kappa shape index (κ3) is 9.24. The molecule has 0 saturated carbocycles. The zero-order chi connectivity index (χ0) is 28.7. The molecule has 0 aromatic heterocycles. The third-order valence-corrected chi connectivity index (χ3v) is 8.54. The number of carbonyl (C=O) groups excluding carboxylic acids is 2. The number of unbranched alkanes of at least 4 members (excludes halogenated alkanes) is 13. The molecule has 1 amide bonds. The highest BCUT2D eigenvalue weighted by Crippen LogP contribution is 2.41. The number of hydrogen-bond donors (Lipinski definition) is 2. The standard InChI is InChI=1S/C31H55N3O5/c1-6-8-9-10-11-12-13-14-15-16-17-18-19-20-22-33-31(36)39-34(7-2)24(3)27(26-21-23-38-26)29(32)28(25(34)4)30(35)37-5/h24,26H,6-23,32H2,1-5H3/p+1. The van der Waals surface area contributed by atoms with E-state index in [9.17, 15) is 9.59 Å². The van der Waals surface area contributed by atoms with Gasteiger partial charge in [0.1, 0.15) is 12.1 Å². The number of nitrogens with one attached hydrogen (secondary N) is 1. The van der Waals surface area contributed by atoms with Crippen molar-refractivity contribution in [1.82, 2.24) is 5.32 Å². The van der Waals surface area contributed by atoms with Crippen molar-refractivity contribution < 1.29 is 28.5 Å². The van der Waals surface area contributed by atoms with Gasteiger partial charge >= 0.3 is 12.1 Å². The van der Waals surface area contributed by atoms with E-state index in [1.807, 2.05) is 13.8 Å². The van der Waals surface area contributed by atoms with Gasteiger partial charge in [0, 0.05) is 25.5 Å². The van der Waals surface area contributed by atoms with Crippen LogP contribution < -0.4 is 11.1 Å². The predicted molar refractivity (Wildman–Crippen MR) is 155 cm³/mol. The monoisotopic (exact) mass is 550 g/mol. The fourth-order valence-electron chi connectivity index (χ4n) is 5.97. The summed E-state index contributed by atoms with van der Waals surface area (Å²) in [5, 5.41) is 2.92. The molecule has 2 aliphatic rings. The highest BCUT2D eigenvalue weighted by molar-refractivity contribution is 5.94. The Morgan fingerprint density at radius 3 is 1.90 bits per heavy atom. The minimum atomic E-state index is -0.531. The van der Waals surface area contributed by atoms with E-state index < -0.39 is 12.1 Å². The molecule has 2 aliphatic heterocycles. The minimum Gasteiger partial charge on any atom is -0.465 e. The van der Waals surface area contributed by atoms with Gasteiger partial charge in [-0.1, -0.05) is 95.0 Å². The number of likely N-dealkylation sites (N-methyl/N-ethyl adjacent to an activating group) is 1. The van der Waals surface area contributed by atoms with Crippen LogP contribution in [0.2, 0.25) is 0 Å². The van der Waals surface area contributed by atoms with Gasteiger partial charge in [-0.05, 0) is 20.3 Å². The summed E-state index contributed by atoms with van der Waals surface area (Å²) >= 11 is 0. The molecule has 8 heteroatoms. The number of hydrogen-bond acceptors (Lipinski definition) is 6. The summed E-state index contributed by atoms with van der Waals surface area (Å²) in [6, 6.07) is -0.277. The average Bonchev–Trinajstić information content (AvgIpc) is 2.90. The topological polar surface area (TPSA) is 99.9 Å². The van der Waals surface area contributed by atoms with Gasteiger partial charge in [-0.2, -0.15) is 0 Å². The van der Waals surface area contributed by atoms with Crippen LogP contribution in [0.1, 0.15) is 124 Å². The first-order chi connectivity index (χ1) is 18.8. The molecule has 3 atom stereocenters. The Hall–Kier alpha value is -2.06. The molecule has 1 fully saturated rings. The summed E-state index contributed by atoms with van der Waals surface area (Å²) in [5.74, 6) is -0.531. The summed E-state index contributed by atoms with van der Waals surface area (Å²) in [5.41, 5.74) is 8.49. The van der Waals surface area contributed by atoms with E-state index in [1.54, 1.807) is 6.92 Å². The number of nitrogens with two attached hydrogens (primary N) is 1. The highest BCUT2D eigenvalue weighted by atomic mass is 16.8. The molecule has 0 aromatic carbocycles. The molecule has 1 saturated heterocycles. The number of hydroxylamine groups is 3. The van der Waals surface area contributed by atoms with Crippen LogP contribution in [-0.2, 0) is 19.1 Å². The van der Waals surface area contributed by atoms with Gasteiger partial charge in [-0.3, -0.25) is 0 Å². The lowest BCUT2D eigenvalue weighted by atomic mass is 9.87. The zero-order valence-corrected chi connectivity index (χ0v) is 25.4. The predicted octanol–water partition coefficient (Wildman–Crippen LogP) is 6.80. The van der Waals surface area contributed by atoms with Crippen molar-refractivity contribution in [3.63, 3.8) is 0 Å². The molecule has 0 bridgehead atoms. The molecule has 224 valence electrons. The van der Waals surface area contributed by atoms with Crippen molar-refractivity contribution in [2.75, 3.05) is 26.8 Å². The molecule has 3 unspecified atom stereocenters. The Morgan fingerprint density at radius 2 is 1.46 bits per heavy atom. The van der Waals surface area contributed by atoms with Gasteiger partial charge < -0.3 is 20.5 Å². The number of nitrogens with zero attached hydrogens (tertiary/aromatic N) is 1. The molecule has 2 rings (SSSR count). The maximum atomic E-state index is 12.9. The van der Waals surface area contributed by atoms with Crippen LogP contribution in [-0.4, -0.2) is 55.7 Å². The van der Waals surface area contributed by atoms with Crippen LogP contribution in [0.25, 0.3) is 0 Å². The van der Waals surface area contributed by atoms with Crippen molar-refractivity contribution in [2.45, 2.75) is 136 Å². The van der Waals surface area contributed by atoms with E-state index in [0.29, 0.717) is 31.1 Å². The number of carbonyl (C=O) groups is 2. The normalized spacial score (nSPS) is 23.0. The molecule has 0 aromatic rings. The molecule has 8 nitrogen and oxygen atoms in total. The largest absolute Gasteiger partial charge is 0.465 e. The summed E-state index contributed by atoms with van der Waals surface area (Å²) in [6.07, 6.45) is 18.3. The van der Waals surface area contributed by atoms with E-state index in [0.717, 1.165) is 24.8 Å². The molecule has 0 spiro atoms. The van der Waals surface area contributed by atoms with E-state index in [2.05, 4.69) is 12.2 Å². The average molecular weight is 551 g/mol. The number of quaternary nitrogens is 1. The van der Waals surface area contributed by atoms with Crippen LogP contribution in [0.3, 0.4) is 0 Å². The van der Waals surface area contributed by atoms with Crippen molar-refractivity contribution in [1.29, 1.82) is 0 Å². The molecule has 3 N–H and O–H groups in total. The fourth-order valence-corrected chi connectivity index (χ4v) is 5.97. The van der Waals surface area contributed by atoms with Gasteiger partial charge in [0.15, 0.2) is 11.7 Å². The Kier molecular flexibility index (Phi) is 15.0. The first-order valence-corrected chi connectivity index (χ1v) is 15.6. The number of ether oxygens (including phenoxy) is 2. The first kappa shape index (κ1) is 33.1. The fraction of sp³-hybridized carbons (Fsp3) is 0.806. The van der Waals surface area contributed by atoms with Gasteiger partial charge in [-0.25, -0.2) is 14.4 Å². The summed E-state index contributed by atoms with van der Waals surface area (Å²) < 4.78 is 10.6. The molecule has 2 heterocycles. The van der Waals surface area contributed by atoms with E-state index >= 15 is 0 Å². The number of amides is 1. The van der Waals surface area contributed by atoms with Crippen LogP contribution in [0.4, 0.5) is 4.79 Å². The Balaban J connectivity index is 1.74. The number of methoxy groups -OCH3 is 1. The molecule has 0 radical (unpaired) electrons. The number of allylic oxidation sites excluding steroid dienone is 1. The van der Waals surface area contributed by atoms with Crippen molar-refractivity contribution >= 4 is 12.1 Å². The van der Waals surface area contributed by atoms with Crippen LogP contribution >= 0.6 is 0 Å². The van der Waals surface area contributed by atoms with Gasteiger partial charge in [0.25, 0.3) is 0 Å². The summed E-state index contributed by atoms with van der Waals surface area (Å²) in [6.45, 7) is 9.64. The van der Waals surface area contributed by atoms with E-state index in [-0.39, 0.29) is 22.4 Å². The summed E-state index contributed by atoms with van der Waals surface area (Å²) in [7, 11) is 1.33. The zero-order valence-electron chi connectivity index (χ0n) is 25.4. The molecular formula is C31H56N3O5+. The van der Waals surface area contributed by atoms with Crippen LogP contribution in [0, 0.1) is 0 Å². The lowest BCUT2D eigenvalue weighted by molar-refractivity contribution is -1.07. The van der Waals surface area contributed by atoms with Gasteiger partial charge in [-0.15, -0.1) is 0 Å². The number of rotatable bonds is 19. The van der Waals surface area contributed by atoms with Gasteiger partial charge in [0.05, 0.1) is 25.5 Å². The lowest BCUT2D eigenvalue weighted by Gasteiger charge is -2.45. The minimum absolute atomic E-state index is 0.134. The highest BCUT2D eigenvalue weighted by Gasteiger charge is 2.52. The van der Waals surface area contributed by atoms with E-state index in [4.69, 9.17) is 20.0 Å². The van der Waals surface area contributed by atoms with Crippen LogP contribution in [0.15, 0.2) is 22.5 Å². The van der Waals surface area contributed by atoms with Crippen molar-refractivity contribution in [3.8, 4) is 0 Å². The Morgan fingerprint density at radius 1 is 0.949 bits per heavy atom. The summed E-state index contributed by atoms with van der Waals surface area (Å²) in [4.78, 5) is 31.7. The molecular weight excluding hydrogens is 494 g/mol. The van der Waals surface area contributed by atoms with Crippen LogP contribution in [0.5, 0.6) is 0 Å². The van der Waals surface area contributed by atoms with Gasteiger partial charge in [0.2, 0.25) is 0 Å². The second kappa shape index (κ2) is 17.6. The number of esters is 1. The second-order valence-corrected chi connectivity index (χ2v) is 11.2.